The molecular formula is C15H18N4O3. The number of amides is 1. The van der Waals surface area contributed by atoms with Gasteiger partial charge in [0, 0.05) is 32.5 Å². The van der Waals surface area contributed by atoms with Gasteiger partial charge in [0.05, 0.1) is 25.0 Å². The summed E-state index contributed by atoms with van der Waals surface area (Å²) in [5.41, 5.74) is 0.568. The summed E-state index contributed by atoms with van der Waals surface area (Å²) in [5, 5.41) is 0. The molecule has 0 bridgehead atoms. The number of rotatable bonds is 4. The normalized spacial score (nSPS) is 17.5. The quantitative estimate of drug-likeness (QED) is 0.851. The maximum absolute atomic E-state index is 12.4. The topological polar surface area (TPSA) is 71.7 Å². The zero-order valence-corrected chi connectivity index (χ0v) is 12.6. The molecule has 1 atom stereocenters. The van der Waals surface area contributed by atoms with Crippen LogP contribution < -0.4 is 9.64 Å². The zero-order valence-electron chi connectivity index (χ0n) is 12.6. The Kier molecular flexibility index (Phi) is 3.95. The van der Waals surface area contributed by atoms with Gasteiger partial charge in [0.15, 0.2) is 5.82 Å². The van der Waals surface area contributed by atoms with Crippen molar-refractivity contribution < 1.29 is 13.9 Å². The molecule has 3 heterocycles. The number of hydrogen-bond donors (Lipinski definition) is 0. The van der Waals surface area contributed by atoms with Crippen molar-refractivity contribution in [1.82, 2.24) is 14.9 Å². The molecule has 7 nitrogen and oxygen atoms in total. The molecule has 0 N–H and O–H groups in total. The molecule has 0 saturated carbocycles. The van der Waals surface area contributed by atoms with Crippen molar-refractivity contribution in [2.45, 2.75) is 12.5 Å². The second kappa shape index (κ2) is 6.05. The average Bonchev–Trinajstić information content (AvgIpc) is 3.24. The van der Waals surface area contributed by atoms with Crippen LogP contribution in [0, 0.1) is 0 Å². The minimum atomic E-state index is -0.0355. The second-order valence-electron chi connectivity index (χ2n) is 5.21. The maximum Gasteiger partial charge on any atom is 0.257 e. The first-order valence-electron chi connectivity index (χ1n) is 7.10. The van der Waals surface area contributed by atoms with E-state index in [0.717, 1.165) is 18.8 Å². The summed E-state index contributed by atoms with van der Waals surface area (Å²) in [6.07, 6.45) is 7.10. The van der Waals surface area contributed by atoms with E-state index in [1.807, 2.05) is 7.05 Å². The molecule has 1 aliphatic rings. The van der Waals surface area contributed by atoms with E-state index in [2.05, 4.69) is 14.9 Å². The minimum Gasteiger partial charge on any atom is -0.478 e. The van der Waals surface area contributed by atoms with Crippen molar-refractivity contribution in [3.8, 4) is 5.88 Å². The summed E-state index contributed by atoms with van der Waals surface area (Å²) >= 11 is 0. The van der Waals surface area contributed by atoms with E-state index in [0.29, 0.717) is 18.0 Å². The summed E-state index contributed by atoms with van der Waals surface area (Å²) < 4.78 is 10.2. The fourth-order valence-electron chi connectivity index (χ4n) is 2.68. The number of ether oxygens (including phenoxy) is 1. The van der Waals surface area contributed by atoms with Crippen LogP contribution in [0.3, 0.4) is 0 Å². The minimum absolute atomic E-state index is 0.0355. The first kappa shape index (κ1) is 14.4. The van der Waals surface area contributed by atoms with Crippen molar-refractivity contribution in [3.05, 3.63) is 36.5 Å². The summed E-state index contributed by atoms with van der Waals surface area (Å²) in [5.74, 6) is 1.19. The third kappa shape index (κ3) is 2.61. The number of carbonyl (C=O) groups is 1. The lowest BCUT2D eigenvalue weighted by Crippen LogP contribution is -2.39. The highest BCUT2D eigenvalue weighted by molar-refractivity contribution is 5.93. The smallest absolute Gasteiger partial charge is 0.257 e. The number of hydrogen-bond acceptors (Lipinski definition) is 6. The van der Waals surface area contributed by atoms with Crippen molar-refractivity contribution in [2.24, 2.45) is 0 Å². The van der Waals surface area contributed by atoms with E-state index in [-0.39, 0.29) is 11.9 Å². The summed E-state index contributed by atoms with van der Waals surface area (Å²) in [7, 11) is 3.40. The number of furan rings is 1. The highest BCUT2D eigenvalue weighted by Crippen LogP contribution is 2.27. The van der Waals surface area contributed by atoms with Crippen LogP contribution in [0.4, 0.5) is 5.82 Å². The van der Waals surface area contributed by atoms with E-state index in [4.69, 9.17) is 9.15 Å². The van der Waals surface area contributed by atoms with Gasteiger partial charge in [0.25, 0.3) is 11.8 Å². The van der Waals surface area contributed by atoms with Crippen LogP contribution in [0.2, 0.25) is 0 Å². The predicted molar refractivity (Wildman–Crippen MR) is 80.0 cm³/mol. The van der Waals surface area contributed by atoms with Gasteiger partial charge in [0.1, 0.15) is 6.26 Å². The molecule has 22 heavy (non-hydrogen) atoms. The molecule has 1 fully saturated rings. The molecule has 0 aromatic carbocycles. The fraction of sp³-hybridized carbons (Fsp3) is 0.400. The van der Waals surface area contributed by atoms with Gasteiger partial charge >= 0.3 is 0 Å². The van der Waals surface area contributed by atoms with Gasteiger partial charge in [-0.15, -0.1) is 0 Å². The number of likely N-dealkylation sites (N-methyl/N-ethyl adjacent to an activating group) is 1. The van der Waals surface area contributed by atoms with Crippen LogP contribution in [0.15, 0.2) is 35.4 Å². The van der Waals surface area contributed by atoms with Crippen LogP contribution in [-0.2, 0) is 0 Å². The third-order valence-electron chi connectivity index (χ3n) is 3.94. The molecule has 1 aliphatic heterocycles. The highest BCUT2D eigenvalue weighted by Gasteiger charge is 2.31. The largest absolute Gasteiger partial charge is 0.478 e. The Hall–Kier alpha value is -2.57. The lowest BCUT2D eigenvalue weighted by atomic mass is 10.2. The number of nitrogens with zero attached hydrogens (tertiary/aromatic N) is 4. The molecule has 1 unspecified atom stereocenters. The van der Waals surface area contributed by atoms with Crippen LogP contribution in [-0.4, -0.2) is 54.1 Å². The molecule has 7 heteroatoms. The van der Waals surface area contributed by atoms with Crippen LogP contribution in [0.5, 0.6) is 5.88 Å². The standard InChI is InChI=1S/C15H18N4O3/c1-18(15(20)11-4-8-22-10-11)12-3-7-19(9-12)13-14(21-2)17-6-5-16-13/h4-6,8,10,12H,3,7,9H2,1-2H3. The van der Waals surface area contributed by atoms with Crippen LogP contribution >= 0.6 is 0 Å². The van der Waals surface area contributed by atoms with Crippen molar-refractivity contribution in [1.29, 1.82) is 0 Å². The third-order valence-corrected chi connectivity index (χ3v) is 3.94. The first-order valence-corrected chi connectivity index (χ1v) is 7.10. The van der Waals surface area contributed by atoms with Gasteiger partial charge in [0.2, 0.25) is 0 Å². The summed E-state index contributed by atoms with van der Waals surface area (Å²) in [6.45, 7) is 1.51. The van der Waals surface area contributed by atoms with Gasteiger partial charge in [-0.05, 0) is 12.5 Å². The Bertz CT molecular complexity index is 644. The lowest BCUT2D eigenvalue weighted by molar-refractivity contribution is 0.0744. The number of aromatic nitrogens is 2. The van der Waals surface area contributed by atoms with Gasteiger partial charge in [-0.2, -0.15) is 0 Å². The van der Waals surface area contributed by atoms with E-state index >= 15 is 0 Å². The van der Waals surface area contributed by atoms with Gasteiger partial charge in [-0.3, -0.25) is 4.79 Å². The Balaban J connectivity index is 1.71. The first-order chi connectivity index (χ1) is 10.7. The second-order valence-corrected chi connectivity index (χ2v) is 5.21. The number of carbonyl (C=O) groups excluding carboxylic acids is 1. The Morgan fingerprint density at radius 1 is 1.45 bits per heavy atom. The monoisotopic (exact) mass is 302 g/mol. The van der Waals surface area contributed by atoms with Gasteiger partial charge in [-0.1, -0.05) is 0 Å². The number of anilines is 1. The van der Waals surface area contributed by atoms with Crippen molar-refractivity contribution >= 4 is 11.7 Å². The molecule has 0 aliphatic carbocycles. The summed E-state index contributed by atoms with van der Waals surface area (Å²) in [4.78, 5) is 24.7. The summed E-state index contributed by atoms with van der Waals surface area (Å²) in [6, 6.07) is 1.80. The fourth-order valence-corrected chi connectivity index (χ4v) is 2.68. The highest BCUT2D eigenvalue weighted by atomic mass is 16.5. The molecule has 2 aromatic rings. The molecule has 3 rings (SSSR count). The SMILES string of the molecule is COc1nccnc1N1CCC(N(C)C(=O)c2ccoc2)C1. The van der Waals surface area contributed by atoms with Crippen molar-refractivity contribution in [2.75, 3.05) is 32.1 Å². The molecule has 1 saturated heterocycles. The maximum atomic E-state index is 12.4. The Labute approximate surface area is 128 Å². The van der Waals surface area contributed by atoms with Crippen LogP contribution in [0.25, 0.3) is 0 Å². The molecule has 116 valence electrons. The molecule has 0 radical (unpaired) electrons. The van der Waals surface area contributed by atoms with Crippen LogP contribution in [0.1, 0.15) is 16.8 Å². The molecule has 0 spiro atoms. The molecule has 1 amide bonds. The average molecular weight is 302 g/mol. The molecular weight excluding hydrogens is 284 g/mol. The Morgan fingerprint density at radius 3 is 3.00 bits per heavy atom. The predicted octanol–water partition coefficient (Wildman–Crippen LogP) is 1.43. The zero-order chi connectivity index (χ0) is 15.5. The van der Waals surface area contributed by atoms with Crippen molar-refractivity contribution in [3.63, 3.8) is 0 Å². The van der Waals surface area contributed by atoms with Gasteiger partial charge < -0.3 is 19.0 Å². The van der Waals surface area contributed by atoms with Gasteiger partial charge in [-0.25, -0.2) is 9.97 Å². The van der Waals surface area contributed by atoms with E-state index < -0.39 is 0 Å². The lowest BCUT2D eigenvalue weighted by Gasteiger charge is -2.25. The van der Waals surface area contributed by atoms with E-state index in [1.54, 1.807) is 30.5 Å². The molecule has 2 aromatic heterocycles. The van der Waals surface area contributed by atoms with E-state index in [9.17, 15) is 4.79 Å². The van der Waals surface area contributed by atoms with E-state index in [1.165, 1.54) is 12.5 Å². The Morgan fingerprint density at radius 2 is 2.27 bits per heavy atom. The number of methoxy groups -OCH3 is 1.